The van der Waals surface area contributed by atoms with Crippen LogP contribution in [0, 0.1) is 0 Å². The molecule has 5 heteroatoms. The summed E-state index contributed by atoms with van der Waals surface area (Å²) < 4.78 is 1.10. The van der Waals surface area contributed by atoms with Crippen LogP contribution in [0.15, 0.2) is 66.3 Å². The summed E-state index contributed by atoms with van der Waals surface area (Å²) in [6, 6.07) is 14.5. The molecular weight excluding hydrogens is 364 g/mol. The molecule has 0 unspecified atom stereocenters. The molecule has 1 N–H and O–H groups in total. The Labute approximate surface area is 169 Å². The van der Waals surface area contributed by atoms with Crippen molar-refractivity contribution in [2.24, 2.45) is 0 Å². The van der Waals surface area contributed by atoms with Gasteiger partial charge in [-0.15, -0.1) is 11.3 Å². The van der Waals surface area contributed by atoms with Crippen molar-refractivity contribution in [3.8, 4) is 11.4 Å². The van der Waals surface area contributed by atoms with Crippen molar-refractivity contribution < 1.29 is 0 Å². The SMILES string of the molecule is C/C=C\c1csc2c(NCCCc3ccccc3)nc(-c3ccncc3)nc12. The van der Waals surface area contributed by atoms with Crippen LogP contribution < -0.4 is 5.32 Å². The first-order chi connectivity index (χ1) is 13.8. The van der Waals surface area contributed by atoms with Crippen molar-refractivity contribution >= 4 is 33.4 Å². The van der Waals surface area contributed by atoms with Crippen LogP contribution in [0.1, 0.15) is 24.5 Å². The summed E-state index contributed by atoms with van der Waals surface area (Å²) in [5.41, 5.74) is 4.46. The van der Waals surface area contributed by atoms with Crippen LogP contribution in [0.4, 0.5) is 5.82 Å². The fraction of sp³-hybridized carbons (Fsp3) is 0.174. The van der Waals surface area contributed by atoms with Crippen LogP contribution in [-0.2, 0) is 6.42 Å². The molecule has 0 aliphatic carbocycles. The summed E-state index contributed by atoms with van der Waals surface area (Å²) in [6.07, 6.45) is 9.79. The molecule has 0 bridgehead atoms. The maximum atomic E-state index is 4.84. The molecule has 1 aromatic carbocycles. The molecule has 28 heavy (non-hydrogen) atoms. The zero-order valence-corrected chi connectivity index (χ0v) is 16.6. The van der Waals surface area contributed by atoms with E-state index in [0.29, 0.717) is 0 Å². The van der Waals surface area contributed by atoms with Gasteiger partial charge in [0.2, 0.25) is 0 Å². The summed E-state index contributed by atoms with van der Waals surface area (Å²) in [4.78, 5) is 13.8. The predicted molar refractivity (Wildman–Crippen MR) is 119 cm³/mol. The molecule has 0 spiro atoms. The third-order valence-electron chi connectivity index (χ3n) is 4.50. The average Bonchev–Trinajstić information content (AvgIpc) is 3.16. The summed E-state index contributed by atoms with van der Waals surface area (Å²) in [6.45, 7) is 2.89. The Morgan fingerprint density at radius 1 is 1.04 bits per heavy atom. The Kier molecular flexibility index (Phi) is 5.73. The average molecular weight is 387 g/mol. The second kappa shape index (κ2) is 8.76. The minimum absolute atomic E-state index is 0.726. The number of aromatic nitrogens is 3. The molecule has 4 nitrogen and oxygen atoms in total. The van der Waals surface area contributed by atoms with E-state index in [0.717, 1.165) is 52.4 Å². The molecule has 0 atom stereocenters. The number of anilines is 1. The lowest BCUT2D eigenvalue weighted by Crippen LogP contribution is -2.06. The third kappa shape index (κ3) is 4.10. The molecule has 140 valence electrons. The van der Waals surface area contributed by atoms with E-state index in [2.05, 4.69) is 52.1 Å². The molecular formula is C23H22N4S. The first-order valence-electron chi connectivity index (χ1n) is 9.45. The van der Waals surface area contributed by atoms with Gasteiger partial charge in [-0.1, -0.05) is 42.5 Å². The summed E-state index contributed by atoms with van der Waals surface area (Å²) in [7, 11) is 0. The Bertz CT molecular complexity index is 1070. The van der Waals surface area contributed by atoms with Crippen LogP contribution in [-0.4, -0.2) is 21.5 Å². The topological polar surface area (TPSA) is 50.7 Å². The first-order valence-corrected chi connectivity index (χ1v) is 10.3. The molecule has 0 radical (unpaired) electrons. The van der Waals surface area contributed by atoms with Gasteiger partial charge in [0.15, 0.2) is 5.82 Å². The van der Waals surface area contributed by atoms with Crippen LogP contribution in [0.25, 0.3) is 27.7 Å². The number of pyridine rings is 1. The Balaban J connectivity index is 1.60. The number of aryl methyl sites for hydroxylation is 1. The molecule has 0 amide bonds. The van der Waals surface area contributed by atoms with Crippen molar-refractivity contribution in [2.45, 2.75) is 19.8 Å². The number of thiophene rings is 1. The maximum Gasteiger partial charge on any atom is 0.162 e. The molecule has 3 heterocycles. The Morgan fingerprint density at radius 3 is 2.64 bits per heavy atom. The van der Waals surface area contributed by atoms with Crippen LogP contribution in [0.5, 0.6) is 0 Å². The van der Waals surface area contributed by atoms with Gasteiger partial charge in [0, 0.05) is 35.4 Å². The number of fused-ring (bicyclic) bond motifs is 1. The van der Waals surface area contributed by atoms with E-state index in [4.69, 9.17) is 9.97 Å². The quantitative estimate of drug-likeness (QED) is 0.406. The van der Waals surface area contributed by atoms with E-state index < -0.39 is 0 Å². The van der Waals surface area contributed by atoms with E-state index in [-0.39, 0.29) is 0 Å². The van der Waals surface area contributed by atoms with E-state index in [1.54, 1.807) is 23.7 Å². The minimum atomic E-state index is 0.726. The van der Waals surface area contributed by atoms with E-state index in [1.807, 2.05) is 25.1 Å². The number of hydrogen-bond acceptors (Lipinski definition) is 5. The molecule has 4 rings (SSSR count). The summed E-state index contributed by atoms with van der Waals surface area (Å²) >= 11 is 1.69. The van der Waals surface area contributed by atoms with E-state index >= 15 is 0 Å². The Hall–Kier alpha value is -3.05. The lowest BCUT2D eigenvalue weighted by atomic mass is 10.1. The van der Waals surface area contributed by atoms with Gasteiger partial charge in [-0.05, 0) is 37.5 Å². The van der Waals surface area contributed by atoms with Crippen molar-refractivity contribution in [1.82, 2.24) is 15.0 Å². The number of nitrogens with one attached hydrogen (secondary N) is 1. The fourth-order valence-electron chi connectivity index (χ4n) is 3.13. The molecule has 0 aliphatic heterocycles. The number of allylic oxidation sites excluding steroid dienone is 1. The highest BCUT2D eigenvalue weighted by molar-refractivity contribution is 7.18. The molecule has 0 saturated heterocycles. The van der Waals surface area contributed by atoms with Gasteiger partial charge in [-0.25, -0.2) is 9.97 Å². The van der Waals surface area contributed by atoms with Gasteiger partial charge in [0.05, 0.1) is 10.2 Å². The monoisotopic (exact) mass is 386 g/mol. The van der Waals surface area contributed by atoms with Gasteiger partial charge in [-0.2, -0.15) is 0 Å². The van der Waals surface area contributed by atoms with Crippen LogP contribution in [0.3, 0.4) is 0 Å². The highest BCUT2D eigenvalue weighted by Crippen LogP contribution is 2.32. The predicted octanol–water partition coefficient (Wildman–Crippen LogP) is 5.83. The fourth-order valence-corrected chi connectivity index (χ4v) is 4.07. The molecule has 4 aromatic rings. The number of hydrogen-bond donors (Lipinski definition) is 1. The largest absolute Gasteiger partial charge is 0.369 e. The highest BCUT2D eigenvalue weighted by atomic mass is 32.1. The van der Waals surface area contributed by atoms with Gasteiger partial charge in [0.25, 0.3) is 0 Å². The molecule has 0 fully saturated rings. The summed E-state index contributed by atoms with van der Waals surface area (Å²) in [5, 5.41) is 5.69. The summed E-state index contributed by atoms with van der Waals surface area (Å²) in [5.74, 6) is 1.63. The second-order valence-electron chi connectivity index (χ2n) is 6.52. The number of rotatable bonds is 7. The normalized spacial score (nSPS) is 11.3. The molecule has 0 aliphatic rings. The van der Waals surface area contributed by atoms with E-state index in [9.17, 15) is 0 Å². The van der Waals surface area contributed by atoms with Gasteiger partial charge in [-0.3, -0.25) is 4.98 Å². The zero-order chi connectivity index (χ0) is 19.2. The van der Waals surface area contributed by atoms with Crippen molar-refractivity contribution in [1.29, 1.82) is 0 Å². The highest BCUT2D eigenvalue weighted by Gasteiger charge is 2.13. The number of nitrogens with zero attached hydrogens (tertiary/aromatic N) is 3. The smallest absolute Gasteiger partial charge is 0.162 e. The van der Waals surface area contributed by atoms with E-state index in [1.165, 1.54) is 5.56 Å². The van der Waals surface area contributed by atoms with Gasteiger partial charge >= 0.3 is 0 Å². The van der Waals surface area contributed by atoms with Crippen molar-refractivity contribution in [2.75, 3.05) is 11.9 Å². The minimum Gasteiger partial charge on any atom is -0.369 e. The van der Waals surface area contributed by atoms with Crippen molar-refractivity contribution in [3.63, 3.8) is 0 Å². The Morgan fingerprint density at radius 2 is 1.86 bits per heavy atom. The number of benzene rings is 1. The second-order valence-corrected chi connectivity index (χ2v) is 7.40. The maximum absolute atomic E-state index is 4.84. The first kappa shape index (κ1) is 18.3. The lowest BCUT2D eigenvalue weighted by molar-refractivity contribution is 0.860. The van der Waals surface area contributed by atoms with Crippen LogP contribution >= 0.6 is 11.3 Å². The standard InChI is InChI=1S/C23H22N4S/c1-2-7-19-16-28-21-20(19)26-22(18-11-14-24-15-12-18)27-23(21)25-13-6-10-17-8-4-3-5-9-17/h2-5,7-9,11-12,14-16H,6,10,13H2,1H3,(H,25,26,27)/b7-2-. The van der Waals surface area contributed by atoms with Crippen molar-refractivity contribution in [3.05, 3.63) is 77.4 Å². The van der Waals surface area contributed by atoms with Gasteiger partial charge < -0.3 is 5.32 Å². The zero-order valence-electron chi connectivity index (χ0n) is 15.8. The molecule has 0 saturated carbocycles. The third-order valence-corrected chi connectivity index (χ3v) is 5.50. The van der Waals surface area contributed by atoms with Crippen LogP contribution in [0.2, 0.25) is 0 Å². The lowest BCUT2D eigenvalue weighted by Gasteiger charge is -2.09. The molecule has 3 aromatic heterocycles. The van der Waals surface area contributed by atoms with Gasteiger partial charge in [0.1, 0.15) is 5.82 Å².